The molecule has 0 saturated heterocycles. The highest BCUT2D eigenvalue weighted by Gasteiger charge is 2.58. The zero-order valence-electron chi connectivity index (χ0n) is 15.9. The number of pyridine rings is 2. The molecule has 4 nitrogen and oxygen atoms in total. The van der Waals surface area contributed by atoms with Crippen molar-refractivity contribution in [3.8, 4) is 11.3 Å². The lowest BCUT2D eigenvalue weighted by atomic mass is 9.89. The lowest BCUT2D eigenvalue weighted by Gasteiger charge is -2.18. The van der Waals surface area contributed by atoms with Gasteiger partial charge in [0.2, 0.25) is 0 Å². The second-order valence-corrected chi connectivity index (χ2v) is 8.69. The summed E-state index contributed by atoms with van der Waals surface area (Å²) in [5.41, 5.74) is 4.89. The van der Waals surface area contributed by atoms with E-state index in [1.165, 1.54) is 38.2 Å². The summed E-state index contributed by atoms with van der Waals surface area (Å²) < 4.78 is 0. The van der Waals surface area contributed by atoms with E-state index in [9.17, 15) is 9.59 Å². The molecule has 2 atom stereocenters. The van der Waals surface area contributed by atoms with Crippen LogP contribution in [0.3, 0.4) is 0 Å². The van der Waals surface area contributed by atoms with E-state index in [1.54, 1.807) is 18.3 Å². The number of benzene rings is 1. The van der Waals surface area contributed by atoms with Gasteiger partial charge in [0.1, 0.15) is 5.69 Å². The van der Waals surface area contributed by atoms with Crippen LogP contribution in [0.1, 0.15) is 54.2 Å². The molecule has 2 aliphatic carbocycles. The van der Waals surface area contributed by atoms with E-state index >= 15 is 0 Å². The number of aromatic amines is 1. The second kappa shape index (κ2) is 6.02. The number of hydrogen-bond acceptors (Lipinski definition) is 3. The van der Waals surface area contributed by atoms with Gasteiger partial charge in [-0.25, -0.2) is 0 Å². The Morgan fingerprint density at radius 1 is 1.32 bits per heavy atom. The van der Waals surface area contributed by atoms with Crippen LogP contribution in [0.5, 0.6) is 0 Å². The second-order valence-electron chi connectivity index (χ2n) is 8.28. The zero-order valence-corrected chi connectivity index (χ0v) is 16.7. The number of fused-ring (bicyclic) bond motifs is 2. The minimum atomic E-state index is -0.220. The highest BCUT2D eigenvalue weighted by Crippen LogP contribution is 2.65. The molecular weight excluding hydrogens is 372 g/mol. The number of aromatic nitrogens is 2. The summed E-state index contributed by atoms with van der Waals surface area (Å²) in [5.74, 6) is 0.565. The molecule has 3 aromatic rings. The smallest absolute Gasteiger partial charge is 0.192 e. The summed E-state index contributed by atoms with van der Waals surface area (Å²) in [6, 6.07) is 7.46. The maximum atomic E-state index is 12.8. The summed E-state index contributed by atoms with van der Waals surface area (Å²) in [4.78, 5) is 32.0. The summed E-state index contributed by atoms with van der Waals surface area (Å²) in [7, 11) is 0. The fourth-order valence-corrected chi connectivity index (χ4v) is 5.51. The van der Waals surface area contributed by atoms with Crippen molar-refractivity contribution in [1.82, 2.24) is 9.97 Å². The number of Topliss-reactive ketones (excluding diaryl/α,β-unsaturated/α-hetero) is 1. The molecule has 28 heavy (non-hydrogen) atoms. The molecule has 0 spiro atoms. The molecule has 0 amide bonds. The number of carbonyl (C=O) groups is 1. The Labute approximate surface area is 168 Å². The van der Waals surface area contributed by atoms with E-state index in [0.29, 0.717) is 22.0 Å². The van der Waals surface area contributed by atoms with E-state index in [0.717, 1.165) is 22.1 Å². The average Bonchev–Trinajstić information content (AvgIpc) is 3.22. The quantitative estimate of drug-likeness (QED) is 0.623. The van der Waals surface area contributed by atoms with Crippen LogP contribution in [0.15, 0.2) is 35.3 Å². The maximum absolute atomic E-state index is 12.8. The van der Waals surface area contributed by atoms with Crippen molar-refractivity contribution in [2.75, 3.05) is 0 Å². The van der Waals surface area contributed by atoms with Gasteiger partial charge in [0.25, 0.3) is 0 Å². The number of halogens is 1. The third-order valence-electron chi connectivity index (χ3n) is 6.62. The number of aryl methyl sites for hydroxylation is 1. The van der Waals surface area contributed by atoms with Crippen LogP contribution >= 0.6 is 11.6 Å². The van der Waals surface area contributed by atoms with E-state index in [-0.39, 0.29) is 16.9 Å². The van der Waals surface area contributed by atoms with Crippen molar-refractivity contribution in [2.24, 2.45) is 5.92 Å². The highest BCUT2D eigenvalue weighted by molar-refractivity contribution is 6.32. The van der Waals surface area contributed by atoms with Gasteiger partial charge in [-0.1, -0.05) is 24.1 Å². The van der Waals surface area contributed by atoms with Crippen molar-refractivity contribution in [1.29, 1.82) is 0 Å². The van der Waals surface area contributed by atoms with Gasteiger partial charge in [0.05, 0.1) is 16.6 Å². The predicted molar refractivity (Wildman–Crippen MR) is 111 cm³/mol. The topological polar surface area (TPSA) is 62.8 Å². The molecule has 5 rings (SSSR count). The zero-order chi connectivity index (χ0) is 19.6. The highest BCUT2D eigenvalue weighted by atomic mass is 35.5. The van der Waals surface area contributed by atoms with Gasteiger partial charge in [-0.15, -0.1) is 0 Å². The molecule has 0 aliphatic heterocycles. The fraction of sp³-hybridized carbons (Fsp3) is 0.348. The van der Waals surface area contributed by atoms with Crippen molar-refractivity contribution in [2.45, 2.75) is 44.9 Å². The first kappa shape index (κ1) is 17.6. The first-order valence-corrected chi connectivity index (χ1v) is 10.1. The van der Waals surface area contributed by atoms with Crippen LogP contribution in [0.25, 0.3) is 22.2 Å². The fourth-order valence-electron chi connectivity index (χ4n) is 5.16. The number of nitrogens with zero attached hydrogens (tertiary/aromatic N) is 1. The number of carbonyl (C=O) groups excluding carboxylic acids is 1. The number of ketones is 1. The van der Waals surface area contributed by atoms with Gasteiger partial charge in [0, 0.05) is 29.8 Å². The van der Waals surface area contributed by atoms with Crippen LogP contribution < -0.4 is 5.43 Å². The molecule has 2 fully saturated rings. The van der Waals surface area contributed by atoms with Gasteiger partial charge in [-0.3, -0.25) is 14.6 Å². The van der Waals surface area contributed by atoms with Gasteiger partial charge in [0.15, 0.2) is 11.2 Å². The first-order valence-electron chi connectivity index (χ1n) is 9.75. The van der Waals surface area contributed by atoms with Crippen LogP contribution in [0.2, 0.25) is 5.02 Å². The Balaban J connectivity index is 1.66. The normalized spacial score (nSPS) is 23.0. The average molecular weight is 393 g/mol. The van der Waals surface area contributed by atoms with E-state index < -0.39 is 0 Å². The van der Waals surface area contributed by atoms with Crippen LogP contribution in [0, 0.1) is 12.8 Å². The van der Waals surface area contributed by atoms with Gasteiger partial charge >= 0.3 is 0 Å². The summed E-state index contributed by atoms with van der Waals surface area (Å²) in [6.45, 7) is 3.49. The molecule has 2 aliphatic rings. The lowest BCUT2D eigenvalue weighted by molar-refractivity contribution is 0.101. The molecule has 1 N–H and O–H groups in total. The van der Waals surface area contributed by atoms with Crippen molar-refractivity contribution in [3.05, 3.63) is 62.5 Å². The monoisotopic (exact) mass is 392 g/mol. The molecule has 0 bridgehead atoms. The number of rotatable bonds is 3. The largest absolute Gasteiger partial charge is 0.354 e. The van der Waals surface area contributed by atoms with Crippen LogP contribution in [-0.2, 0) is 5.41 Å². The molecule has 1 aromatic carbocycles. The summed E-state index contributed by atoms with van der Waals surface area (Å²) >= 11 is 6.73. The van der Waals surface area contributed by atoms with Crippen molar-refractivity contribution >= 4 is 28.3 Å². The standard InChI is InChI=1S/C23H21ClN2O2/c1-12-8-16(23-6-3-4-14(23)11-23)17(24)9-15(12)19-10-20(28)21-18(26-19)5-7-25-22(21)13(2)27/h5,7-10,14H,3-4,6,11H2,1-2H3,(H,26,28). The molecular formula is C23H21ClN2O2. The Morgan fingerprint density at radius 2 is 2.14 bits per heavy atom. The Morgan fingerprint density at radius 3 is 2.82 bits per heavy atom. The predicted octanol–water partition coefficient (Wildman–Crippen LogP) is 5.20. The number of H-pyrrole nitrogens is 1. The Kier molecular flexibility index (Phi) is 3.79. The molecule has 2 saturated carbocycles. The third kappa shape index (κ3) is 2.47. The SMILES string of the molecule is CC(=O)c1nccc2[nH]c(-c3cc(Cl)c(C45CCCC4C5)cc3C)cc(=O)c12. The van der Waals surface area contributed by atoms with Crippen molar-refractivity contribution < 1.29 is 4.79 Å². The maximum Gasteiger partial charge on any atom is 0.192 e. The van der Waals surface area contributed by atoms with Gasteiger partial charge < -0.3 is 4.98 Å². The van der Waals surface area contributed by atoms with E-state index in [2.05, 4.69) is 23.0 Å². The van der Waals surface area contributed by atoms with E-state index in [4.69, 9.17) is 11.6 Å². The molecule has 0 radical (unpaired) electrons. The molecule has 5 heteroatoms. The molecule has 2 aromatic heterocycles. The third-order valence-corrected chi connectivity index (χ3v) is 6.94. The van der Waals surface area contributed by atoms with E-state index in [1.807, 2.05) is 6.07 Å². The van der Waals surface area contributed by atoms with Gasteiger partial charge in [-0.2, -0.15) is 0 Å². The Bertz CT molecular complexity index is 1210. The summed E-state index contributed by atoms with van der Waals surface area (Å²) in [6.07, 6.45) is 6.62. The Hall–Kier alpha value is -2.46. The first-order chi connectivity index (χ1) is 13.4. The minimum absolute atomic E-state index is 0.204. The molecule has 2 heterocycles. The molecule has 142 valence electrons. The molecule has 2 unspecified atom stereocenters. The van der Waals surface area contributed by atoms with Crippen molar-refractivity contribution in [3.63, 3.8) is 0 Å². The van der Waals surface area contributed by atoms with Crippen LogP contribution in [0.4, 0.5) is 0 Å². The minimum Gasteiger partial charge on any atom is -0.354 e. The van der Waals surface area contributed by atoms with Gasteiger partial charge in [-0.05, 0) is 60.8 Å². The van der Waals surface area contributed by atoms with Crippen LogP contribution in [-0.4, -0.2) is 15.8 Å². The number of hydrogen-bond donors (Lipinski definition) is 1. The lowest BCUT2D eigenvalue weighted by Crippen LogP contribution is -2.11. The summed E-state index contributed by atoms with van der Waals surface area (Å²) in [5, 5.41) is 1.12. The number of nitrogens with one attached hydrogen (secondary N) is 1.